The van der Waals surface area contributed by atoms with Crippen molar-refractivity contribution in [3.63, 3.8) is 0 Å². The number of ether oxygens (including phenoxy) is 1. The van der Waals surface area contributed by atoms with E-state index in [1.807, 2.05) is 6.92 Å². The molecule has 0 spiro atoms. The number of alkyl carbamates (subject to hydrolysis) is 1. The predicted molar refractivity (Wildman–Crippen MR) is 108 cm³/mol. The average molecular weight is 507 g/mol. The highest BCUT2D eigenvalue weighted by Gasteiger charge is 2.40. The monoisotopic (exact) mass is 507 g/mol. The Balaban J connectivity index is 1.72. The Bertz CT molecular complexity index is 1070. The van der Waals surface area contributed by atoms with E-state index in [0.29, 0.717) is 18.6 Å². The molecule has 192 valence electrons. The first kappa shape index (κ1) is 26.3. The number of fused-ring (bicyclic) bond motifs is 1. The van der Waals surface area contributed by atoms with Crippen LogP contribution >= 0.6 is 0 Å². The maximum Gasteiger partial charge on any atom is 0.451 e. The molecule has 2 aromatic rings. The van der Waals surface area contributed by atoms with Gasteiger partial charge in [0.15, 0.2) is 17.5 Å². The first-order valence-corrected chi connectivity index (χ1v) is 10.8. The third kappa shape index (κ3) is 6.63. The van der Waals surface area contributed by atoms with Crippen molar-refractivity contribution in [2.45, 2.75) is 57.9 Å². The highest BCUT2D eigenvalue weighted by Crippen LogP contribution is 2.29. The van der Waals surface area contributed by atoms with E-state index >= 15 is 0 Å². The van der Waals surface area contributed by atoms with Gasteiger partial charge in [-0.05, 0) is 24.5 Å². The molecular weight excluding hydrogens is 484 g/mol. The van der Waals surface area contributed by atoms with Crippen molar-refractivity contribution in [3.8, 4) is 0 Å². The van der Waals surface area contributed by atoms with Gasteiger partial charge in [-0.2, -0.15) is 13.2 Å². The number of halogens is 6. The predicted octanol–water partition coefficient (Wildman–Crippen LogP) is 3.58. The highest BCUT2D eigenvalue weighted by atomic mass is 19.4. The van der Waals surface area contributed by atoms with Crippen LogP contribution in [0.3, 0.4) is 0 Å². The summed E-state index contributed by atoms with van der Waals surface area (Å²) in [7, 11) is 0. The minimum Gasteiger partial charge on any atom is -0.450 e. The number of nitrogens with one attached hydrogen (secondary N) is 1. The molecule has 1 N–H and O–H groups in total. The van der Waals surface area contributed by atoms with E-state index in [9.17, 15) is 35.9 Å². The molecule has 0 saturated carbocycles. The van der Waals surface area contributed by atoms with Gasteiger partial charge in [-0.1, -0.05) is 13.3 Å². The molecule has 1 aliphatic heterocycles. The summed E-state index contributed by atoms with van der Waals surface area (Å²) in [5, 5.41) is 9.08. The summed E-state index contributed by atoms with van der Waals surface area (Å²) in [6.07, 6.45) is -5.00. The van der Waals surface area contributed by atoms with Gasteiger partial charge in [-0.3, -0.25) is 4.79 Å². The van der Waals surface area contributed by atoms with E-state index < -0.39 is 53.9 Å². The van der Waals surface area contributed by atoms with Crippen molar-refractivity contribution in [1.29, 1.82) is 0 Å². The lowest BCUT2D eigenvalue weighted by Gasteiger charge is -2.29. The van der Waals surface area contributed by atoms with Crippen LogP contribution in [0.5, 0.6) is 0 Å². The number of benzene rings is 1. The maximum atomic E-state index is 14.2. The van der Waals surface area contributed by atoms with Crippen molar-refractivity contribution in [1.82, 2.24) is 25.0 Å². The van der Waals surface area contributed by atoms with E-state index in [0.717, 1.165) is 11.0 Å². The smallest absolute Gasteiger partial charge is 0.450 e. The zero-order valence-corrected chi connectivity index (χ0v) is 18.7. The number of hydrogen-bond donors (Lipinski definition) is 1. The molecule has 14 heteroatoms. The number of rotatable bonds is 8. The number of aromatic nitrogens is 3. The Labute approximate surface area is 196 Å². The fourth-order valence-corrected chi connectivity index (χ4v) is 3.60. The molecule has 0 unspecified atom stereocenters. The van der Waals surface area contributed by atoms with Crippen molar-refractivity contribution in [2.75, 3.05) is 13.2 Å². The van der Waals surface area contributed by atoms with Gasteiger partial charge in [0, 0.05) is 31.6 Å². The summed E-state index contributed by atoms with van der Waals surface area (Å²) < 4.78 is 86.0. The van der Waals surface area contributed by atoms with Crippen LogP contribution in [-0.4, -0.2) is 50.9 Å². The lowest BCUT2D eigenvalue weighted by atomic mass is 10.0. The van der Waals surface area contributed by atoms with Gasteiger partial charge in [0.1, 0.15) is 5.82 Å². The zero-order valence-electron chi connectivity index (χ0n) is 18.7. The Morgan fingerprint density at radius 1 is 1.11 bits per heavy atom. The Morgan fingerprint density at radius 2 is 1.83 bits per heavy atom. The summed E-state index contributed by atoms with van der Waals surface area (Å²) >= 11 is 0. The SMILES string of the molecule is CCCCOC(=O)N[C@@H](CC(=O)N1CCn2c(nnc2C(F)(F)F)C1)Cc1cc(F)c(F)cc1F. The Morgan fingerprint density at radius 3 is 2.51 bits per heavy atom. The second kappa shape index (κ2) is 11.0. The van der Waals surface area contributed by atoms with E-state index in [1.165, 1.54) is 4.90 Å². The number of unbranched alkanes of at least 4 members (excludes halogenated alkanes) is 1. The average Bonchev–Trinajstić information content (AvgIpc) is 3.21. The van der Waals surface area contributed by atoms with Gasteiger partial charge in [-0.15, -0.1) is 10.2 Å². The second-order valence-corrected chi connectivity index (χ2v) is 8.00. The van der Waals surface area contributed by atoms with Crippen molar-refractivity contribution >= 4 is 12.0 Å². The standard InChI is InChI=1S/C21H23F6N5O3/c1-2-3-6-35-20(34)28-13(7-12-8-15(23)16(24)10-14(12)22)9-18(33)31-4-5-32-17(11-31)29-30-19(32)21(25,26)27/h8,10,13H,2-7,9,11H2,1H3,(H,28,34)/t13-/m1/s1. The summed E-state index contributed by atoms with van der Waals surface area (Å²) in [5.41, 5.74) is -0.274. The first-order chi connectivity index (χ1) is 16.5. The van der Waals surface area contributed by atoms with Crippen LogP contribution in [0.25, 0.3) is 0 Å². The van der Waals surface area contributed by atoms with Crippen molar-refractivity contribution in [3.05, 3.63) is 46.8 Å². The lowest BCUT2D eigenvalue weighted by molar-refractivity contribution is -0.148. The molecule has 0 radical (unpaired) electrons. The van der Waals surface area contributed by atoms with Crippen LogP contribution in [0.1, 0.15) is 43.4 Å². The normalized spacial score (nSPS) is 14.4. The Kier molecular flexibility index (Phi) is 8.22. The zero-order chi connectivity index (χ0) is 25.8. The van der Waals surface area contributed by atoms with Gasteiger partial charge in [-0.25, -0.2) is 18.0 Å². The van der Waals surface area contributed by atoms with Crippen LogP contribution in [0.2, 0.25) is 0 Å². The summed E-state index contributed by atoms with van der Waals surface area (Å²) in [4.78, 5) is 26.2. The number of carbonyl (C=O) groups excluding carboxylic acids is 2. The molecule has 2 amide bonds. The van der Waals surface area contributed by atoms with Crippen molar-refractivity contribution < 1.29 is 40.7 Å². The molecule has 1 aliphatic rings. The van der Waals surface area contributed by atoms with Crippen LogP contribution < -0.4 is 5.32 Å². The van der Waals surface area contributed by atoms with E-state index in [1.54, 1.807) is 0 Å². The van der Waals surface area contributed by atoms with Gasteiger partial charge in [0.2, 0.25) is 11.7 Å². The molecule has 8 nitrogen and oxygen atoms in total. The fourth-order valence-electron chi connectivity index (χ4n) is 3.60. The van der Waals surface area contributed by atoms with E-state index in [2.05, 4.69) is 15.5 Å². The van der Waals surface area contributed by atoms with E-state index in [-0.39, 0.29) is 44.0 Å². The molecule has 3 rings (SSSR count). The molecular formula is C21H23F6N5O3. The van der Waals surface area contributed by atoms with Gasteiger partial charge in [0.05, 0.1) is 13.2 Å². The van der Waals surface area contributed by atoms with Crippen LogP contribution in [-0.2, 0) is 35.2 Å². The fraction of sp³-hybridized carbons (Fsp3) is 0.524. The molecule has 1 atom stereocenters. The van der Waals surface area contributed by atoms with E-state index in [4.69, 9.17) is 4.74 Å². The molecule has 0 fully saturated rings. The Hall–Kier alpha value is -3.32. The van der Waals surface area contributed by atoms with Crippen LogP contribution in [0.4, 0.5) is 31.1 Å². The maximum absolute atomic E-state index is 14.2. The number of amides is 2. The summed E-state index contributed by atoms with van der Waals surface area (Å²) in [6, 6.07) is -0.0749. The minimum absolute atomic E-state index is 0.0629. The minimum atomic E-state index is -4.70. The van der Waals surface area contributed by atoms with Crippen LogP contribution in [0, 0.1) is 17.5 Å². The first-order valence-electron chi connectivity index (χ1n) is 10.8. The van der Waals surface area contributed by atoms with Gasteiger partial charge < -0.3 is 19.5 Å². The number of alkyl halides is 3. The largest absolute Gasteiger partial charge is 0.451 e. The second-order valence-electron chi connectivity index (χ2n) is 8.00. The number of nitrogens with zero attached hydrogens (tertiary/aromatic N) is 4. The van der Waals surface area contributed by atoms with Crippen molar-refractivity contribution in [2.24, 2.45) is 0 Å². The van der Waals surface area contributed by atoms with Gasteiger partial charge >= 0.3 is 12.3 Å². The third-order valence-electron chi connectivity index (χ3n) is 5.39. The van der Waals surface area contributed by atoms with Crippen LogP contribution in [0.15, 0.2) is 12.1 Å². The number of hydrogen-bond acceptors (Lipinski definition) is 5. The quantitative estimate of drug-likeness (QED) is 0.335. The molecule has 1 aromatic carbocycles. The summed E-state index contributed by atoms with van der Waals surface area (Å²) in [5.74, 6) is -5.55. The molecule has 0 aliphatic carbocycles. The summed E-state index contributed by atoms with van der Waals surface area (Å²) in [6.45, 7) is 1.45. The highest BCUT2D eigenvalue weighted by molar-refractivity contribution is 5.78. The van der Waals surface area contributed by atoms with Gasteiger partial charge in [0.25, 0.3) is 0 Å². The molecule has 35 heavy (non-hydrogen) atoms. The molecule has 2 heterocycles. The molecule has 1 aromatic heterocycles. The molecule has 0 saturated heterocycles. The lowest BCUT2D eigenvalue weighted by Crippen LogP contribution is -2.44. The number of carbonyl (C=O) groups is 2. The molecule has 0 bridgehead atoms. The third-order valence-corrected chi connectivity index (χ3v) is 5.39. The topological polar surface area (TPSA) is 89.4 Å².